The van der Waals surface area contributed by atoms with E-state index in [9.17, 15) is 9.59 Å². The van der Waals surface area contributed by atoms with Gasteiger partial charge in [0.05, 0.1) is 6.20 Å². The first-order chi connectivity index (χ1) is 11.5. The third-order valence-corrected chi connectivity index (χ3v) is 4.64. The quantitative estimate of drug-likeness (QED) is 0.856. The first kappa shape index (κ1) is 16.4. The summed E-state index contributed by atoms with van der Waals surface area (Å²) in [7, 11) is 3.44. The number of carbonyl (C=O) groups excluding carboxylic acids is 2. The Balaban J connectivity index is 1.86. The monoisotopic (exact) mass is 329 g/mol. The Labute approximate surface area is 141 Å². The molecule has 0 unspecified atom stereocenters. The molecule has 0 radical (unpaired) electrons. The molecule has 1 aliphatic rings. The van der Waals surface area contributed by atoms with Gasteiger partial charge in [-0.2, -0.15) is 5.10 Å². The van der Waals surface area contributed by atoms with Crippen LogP contribution in [-0.4, -0.2) is 63.4 Å². The van der Waals surface area contributed by atoms with Gasteiger partial charge in [-0.25, -0.2) is 9.50 Å². The summed E-state index contributed by atoms with van der Waals surface area (Å²) in [5.41, 5.74) is 2.17. The van der Waals surface area contributed by atoms with Gasteiger partial charge in [0.2, 0.25) is 5.91 Å². The van der Waals surface area contributed by atoms with E-state index in [1.54, 1.807) is 31.0 Å². The van der Waals surface area contributed by atoms with Crippen molar-refractivity contribution in [2.45, 2.75) is 32.1 Å². The van der Waals surface area contributed by atoms with Crippen LogP contribution in [-0.2, 0) is 4.79 Å². The standard InChI is InChI=1S/C17H23N5O2/c1-4-15(23)21-9-6-12(7-10-21)14-5-8-18-16-13(11-19-22(14)16)17(24)20(2)3/h5,8,11-12H,4,6-7,9-10H2,1-3H3. The third kappa shape index (κ3) is 2.86. The highest BCUT2D eigenvalue weighted by Gasteiger charge is 2.26. The van der Waals surface area contributed by atoms with Crippen molar-refractivity contribution >= 4 is 17.5 Å². The molecule has 3 rings (SSSR count). The zero-order valence-electron chi connectivity index (χ0n) is 14.4. The van der Waals surface area contributed by atoms with Gasteiger partial charge in [0.1, 0.15) is 5.56 Å². The predicted octanol–water partition coefficient (Wildman–Crippen LogP) is 1.55. The number of likely N-dealkylation sites (tertiary alicyclic amines) is 1. The molecule has 2 amide bonds. The fourth-order valence-electron chi connectivity index (χ4n) is 3.26. The molecule has 3 heterocycles. The largest absolute Gasteiger partial charge is 0.345 e. The summed E-state index contributed by atoms with van der Waals surface area (Å²) in [6.45, 7) is 3.44. The Morgan fingerprint density at radius 3 is 2.62 bits per heavy atom. The first-order valence-electron chi connectivity index (χ1n) is 8.35. The molecule has 24 heavy (non-hydrogen) atoms. The molecule has 128 valence electrons. The van der Waals surface area contributed by atoms with Crippen LogP contribution in [0.4, 0.5) is 0 Å². The van der Waals surface area contributed by atoms with Crippen molar-refractivity contribution in [3.05, 3.63) is 29.7 Å². The van der Waals surface area contributed by atoms with E-state index in [1.165, 1.54) is 4.90 Å². The van der Waals surface area contributed by atoms with E-state index < -0.39 is 0 Å². The van der Waals surface area contributed by atoms with Crippen molar-refractivity contribution in [2.24, 2.45) is 0 Å². The first-order valence-corrected chi connectivity index (χ1v) is 8.35. The maximum atomic E-state index is 12.2. The molecule has 2 aromatic heterocycles. The van der Waals surface area contributed by atoms with Crippen LogP contribution in [0.25, 0.3) is 5.65 Å². The Morgan fingerprint density at radius 1 is 1.29 bits per heavy atom. The van der Waals surface area contributed by atoms with Gasteiger partial charge < -0.3 is 9.80 Å². The molecule has 1 aliphatic heterocycles. The van der Waals surface area contributed by atoms with Gasteiger partial charge in [0.25, 0.3) is 5.91 Å². The second-order valence-electron chi connectivity index (χ2n) is 6.37. The summed E-state index contributed by atoms with van der Waals surface area (Å²) in [5.74, 6) is 0.433. The maximum Gasteiger partial charge on any atom is 0.258 e. The van der Waals surface area contributed by atoms with E-state index in [0.29, 0.717) is 23.5 Å². The van der Waals surface area contributed by atoms with Crippen LogP contribution in [0, 0.1) is 0 Å². The minimum atomic E-state index is -0.0991. The molecule has 1 fully saturated rings. The Kier molecular flexibility index (Phi) is 4.51. The lowest BCUT2D eigenvalue weighted by atomic mass is 9.93. The predicted molar refractivity (Wildman–Crippen MR) is 89.9 cm³/mol. The summed E-state index contributed by atoms with van der Waals surface area (Å²) in [6, 6.07) is 1.96. The maximum absolute atomic E-state index is 12.2. The van der Waals surface area contributed by atoms with Gasteiger partial charge in [-0.05, 0) is 18.9 Å². The summed E-state index contributed by atoms with van der Waals surface area (Å²) in [6.07, 6.45) is 5.69. The summed E-state index contributed by atoms with van der Waals surface area (Å²) in [5, 5.41) is 4.39. The highest BCUT2D eigenvalue weighted by molar-refractivity contribution is 5.99. The van der Waals surface area contributed by atoms with Gasteiger partial charge in [0, 0.05) is 51.4 Å². The molecule has 0 spiro atoms. The zero-order valence-corrected chi connectivity index (χ0v) is 14.4. The van der Waals surface area contributed by atoms with E-state index in [2.05, 4.69) is 10.1 Å². The fraction of sp³-hybridized carbons (Fsp3) is 0.529. The van der Waals surface area contributed by atoms with Crippen molar-refractivity contribution in [3.63, 3.8) is 0 Å². The number of rotatable bonds is 3. The van der Waals surface area contributed by atoms with Crippen LogP contribution in [0.1, 0.15) is 48.2 Å². The minimum absolute atomic E-state index is 0.0991. The van der Waals surface area contributed by atoms with E-state index in [1.807, 2.05) is 17.9 Å². The number of fused-ring (bicyclic) bond motifs is 1. The van der Waals surface area contributed by atoms with E-state index in [0.717, 1.165) is 31.6 Å². The fourth-order valence-corrected chi connectivity index (χ4v) is 3.26. The van der Waals surface area contributed by atoms with Gasteiger partial charge in [-0.15, -0.1) is 0 Å². The number of aromatic nitrogens is 3. The van der Waals surface area contributed by atoms with Crippen molar-refractivity contribution in [1.82, 2.24) is 24.4 Å². The summed E-state index contributed by atoms with van der Waals surface area (Å²) in [4.78, 5) is 31.9. The van der Waals surface area contributed by atoms with Gasteiger partial charge in [-0.3, -0.25) is 9.59 Å². The smallest absolute Gasteiger partial charge is 0.258 e. The molecule has 0 atom stereocenters. The molecule has 2 aromatic rings. The van der Waals surface area contributed by atoms with Gasteiger partial charge in [0.15, 0.2) is 5.65 Å². The van der Waals surface area contributed by atoms with Crippen LogP contribution < -0.4 is 0 Å². The Bertz CT molecular complexity index is 759. The zero-order chi connectivity index (χ0) is 17.3. The molecular formula is C17H23N5O2. The molecule has 0 saturated carbocycles. The van der Waals surface area contributed by atoms with Gasteiger partial charge in [-0.1, -0.05) is 6.92 Å². The average Bonchev–Trinajstić information content (AvgIpc) is 3.04. The molecular weight excluding hydrogens is 306 g/mol. The van der Waals surface area contributed by atoms with Crippen LogP contribution in [0.3, 0.4) is 0 Å². The highest BCUT2D eigenvalue weighted by atomic mass is 16.2. The number of nitrogens with zero attached hydrogens (tertiary/aromatic N) is 5. The van der Waals surface area contributed by atoms with E-state index >= 15 is 0 Å². The lowest BCUT2D eigenvalue weighted by molar-refractivity contribution is -0.131. The van der Waals surface area contributed by atoms with Crippen LogP contribution in [0.5, 0.6) is 0 Å². The second kappa shape index (κ2) is 6.59. The average molecular weight is 329 g/mol. The molecule has 7 heteroatoms. The van der Waals surface area contributed by atoms with E-state index in [4.69, 9.17) is 0 Å². The third-order valence-electron chi connectivity index (χ3n) is 4.64. The van der Waals surface area contributed by atoms with Crippen molar-refractivity contribution in [2.75, 3.05) is 27.2 Å². The second-order valence-corrected chi connectivity index (χ2v) is 6.37. The van der Waals surface area contributed by atoms with Gasteiger partial charge >= 0.3 is 0 Å². The molecule has 7 nitrogen and oxygen atoms in total. The number of hydrogen-bond donors (Lipinski definition) is 0. The molecule has 0 bridgehead atoms. The Morgan fingerprint density at radius 2 is 2.00 bits per heavy atom. The summed E-state index contributed by atoms with van der Waals surface area (Å²) < 4.78 is 1.78. The number of carbonyl (C=O) groups is 2. The van der Waals surface area contributed by atoms with Crippen molar-refractivity contribution < 1.29 is 9.59 Å². The molecule has 0 aliphatic carbocycles. The SMILES string of the molecule is CCC(=O)N1CCC(c2ccnc3c(C(=O)N(C)C)cnn23)CC1. The van der Waals surface area contributed by atoms with Crippen LogP contribution in [0.2, 0.25) is 0 Å². The van der Waals surface area contributed by atoms with Crippen LogP contribution in [0.15, 0.2) is 18.5 Å². The molecule has 0 N–H and O–H groups in total. The molecule has 0 aromatic carbocycles. The van der Waals surface area contributed by atoms with Crippen molar-refractivity contribution in [1.29, 1.82) is 0 Å². The minimum Gasteiger partial charge on any atom is -0.345 e. The van der Waals surface area contributed by atoms with E-state index in [-0.39, 0.29) is 11.8 Å². The number of piperidine rings is 1. The summed E-state index contributed by atoms with van der Waals surface area (Å²) >= 11 is 0. The van der Waals surface area contributed by atoms with Crippen LogP contribution >= 0.6 is 0 Å². The lowest BCUT2D eigenvalue weighted by Gasteiger charge is -2.32. The highest BCUT2D eigenvalue weighted by Crippen LogP contribution is 2.28. The molecule has 1 saturated heterocycles. The normalized spacial score (nSPS) is 15.7. The number of amides is 2. The topological polar surface area (TPSA) is 70.8 Å². The van der Waals surface area contributed by atoms with Crippen molar-refractivity contribution in [3.8, 4) is 0 Å². The lowest BCUT2D eigenvalue weighted by Crippen LogP contribution is -2.37. The number of hydrogen-bond acceptors (Lipinski definition) is 4. The Hall–Kier alpha value is -2.44.